The first kappa shape index (κ1) is 16.6. The maximum atomic E-state index is 12.9. The molecule has 1 aromatic heterocycles. The first-order valence-corrected chi connectivity index (χ1v) is 8.54. The molecule has 6 heteroatoms. The van der Waals surface area contributed by atoms with E-state index < -0.39 is 5.92 Å². The molecule has 0 aromatic carbocycles. The standard InChI is InChI=1S/C18H22N4O2/c1-11-8-12(2)21-17(20-11)15(9-19)16(23)14-4-3-7-22(10-14)18(24)13-5-6-13/h8,13-15H,3-7,10H2,1-2H3/t14-,15+/m0/s1. The quantitative estimate of drug-likeness (QED) is 0.843. The fraction of sp³-hybridized carbons (Fsp3) is 0.611. The van der Waals surface area contributed by atoms with E-state index in [0.29, 0.717) is 6.54 Å². The molecule has 2 atom stereocenters. The van der Waals surface area contributed by atoms with E-state index in [1.807, 2.05) is 19.9 Å². The Balaban J connectivity index is 1.75. The van der Waals surface area contributed by atoms with Crippen LogP contribution in [-0.4, -0.2) is 39.6 Å². The summed E-state index contributed by atoms with van der Waals surface area (Å²) in [6.07, 6.45) is 3.45. The number of nitrogens with zero attached hydrogens (tertiary/aromatic N) is 4. The number of hydrogen-bond donors (Lipinski definition) is 0. The van der Waals surface area contributed by atoms with Crippen LogP contribution < -0.4 is 0 Å². The molecule has 2 fully saturated rings. The lowest BCUT2D eigenvalue weighted by molar-refractivity contribution is -0.136. The lowest BCUT2D eigenvalue weighted by Gasteiger charge is -2.32. The zero-order valence-corrected chi connectivity index (χ0v) is 14.2. The number of carbonyl (C=O) groups is 2. The van der Waals surface area contributed by atoms with Crippen molar-refractivity contribution in [2.45, 2.75) is 45.4 Å². The number of Topliss-reactive ketones (excluding diaryl/α,β-unsaturated/α-hetero) is 1. The van der Waals surface area contributed by atoms with Gasteiger partial charge >= 0.3 is 0 Å². The number of aryl methyl sites for hydroxylation is 2. The highest BCUT2D eigenvalue weighted by Crippen LogP contribution is 2.33. The zero-order chi connectivity index (χ0) is 17.3. The van der Waals surface area contributed by atoms with Crippen molar-refractivity contribution in [3.63, 3.8) is 0 Å². The molecule has 0 radical (unpaired) electrons. The largest absolute Gasteiger partial charge is 0.342 e. The number of rotatable bonds is 4. The third kappa shape index (κ3) is 3.45. The van der Waals surface area contributed by atoms with Gasteiger partial charge in [0.05, 0.1) is 6.07 Å². The molecule has 1 aromatic rings. The Bertz CT molecular complexity index is 685. The van der Waals surface area contributed by atoms with Crippen molar-refractivity contribution in [1.29, 1.82) is 5.26 Å². The molecule has 1 aliphatic carbocycles. The third-order valence-electron chi connectivity index (χ3n) is 4.73. The minimum atomic E-state index is -0.954. The van der Waals surface area contributed by atoms with E-state index in [4.69, 9.17) is 0 Å². The number of likely N-dealkylation sites (tertiary alicyclic amines) is 1. The summed E-state index contributed by atoms with van der Waals surface area (Å²) in [6, 6.07) is 3.89. The van der Waals surface area contributed by atoms with Gasteiger partial charge in [0.25, 0.3) is 0 Å². The lowest BCUT2D eigenvalue weighted by atomic mass is 9.86. The molecule has 3 rings (SSSR count). The zero-order valence-electron chi connectivity index (χ0n) is 14.2. The van der Waals surface area contributed by atoms with Crippen LogP contribution in [0.5, 0.6) is 0 Å². The van der Waals surface area contributed by atoms with Crippen molar-refractivity contribution in [2.75, 3.05) is 13.1 Å². The third-order valence-corrected chi connectivity index (χ3v) is 4.73. The molecular weight excluding hydrogens is 304 g/mol. The van der Waals surface area contributed by atoms with Crippen LogP contribution in [-0.2, 0) is 9.59 Å². The molecule has 126 valence electrons. The van der Waals surface area contributed by atoms with Gasteiger partial charge < -0.3 is 4.90 Å². The van der Waals surface area contributed by atoms with Gasteiger partial charge in [0.1, 0.15) is 0 Å². The van der Waals surface area contributed by atoms with Crippen molar-refractivity contribution >= 4 is 11.7 Å². The molecule has 6 nitrogen and oxygen atoms in total. The van der Waals surface area contributed by atoms with Gasteiger partial charge in [-0.1, -0.05) is 0 Å². The number of amides is 1. The van der Waals surface area contributed by atoms with Gasteiger partial charge in [-0.25, -0.2) is 9.97 Å². The summed E-state index contributed by atoms with van der Waals surface area (Å²) in [4.78, 5) is 35.5. The Morgan fingerprint density at radius 2 is 1.88 bits per heavy atom. The summed E-state index contributed by atoms with van der Waals surface area (Å²) in [5.74, 6) is -0.793. The Morgan fingerprint density at radius 1 is 1.21 bits per heavy atom. The average Bonchev–Trinajstić information content (AvgIpc) is 3.39. The highest BCUT2D eigenvalue weighted by molar-refractivity contribution is 5.90. The predicted octanol–water partition coefficient (Wildman–Crippen LogP) is 1.92. The number of aromatic nitrogens is 2. The average molecular weight is 326 g/mol. The second kappa shape index (κ2) is 6.68. The molecular formula is C18H22N4O2. The van der Waals surface area contributed by atoms with Gasteiger partial charge in [0.15, 0.2) is 17.5 Å². The maximum Gasteiger partial charge on any atom is 0.225 e. The number of carbonyl (C=O) groups excluding carboxylic acids is 2. The van der Waals surface area contributed by atoms with E-state index in [1.165, 1.54) is 0 Å². The van der Waals surface area contributed by atoms with Crippen LogP contribution in [0.1, 0.15) is 48.8 Å². The molecule has 2 heterocycles. The van der Waals surface area contributed by atoms with Crippen molar-refractivity contribution in [1.82, 2.24) is 14.9 Å². The van der Waals surface area contributed by atoms with Crippen LogP contribution in [0, 0.1) is 37.0 Å². The van der Waals surface area contributed by atoms with Crippen molar-refractivity contribution in [2.24, 2.45) is 11.8 Å². The highest BCUT2D eigenvalue weighted by Gasteiger charge is 2.38. The monoisotopic (exact) mass is 326 g/mol. The SMILES string of the molecule is Cc1cc(C)nc([C@H](C#N)C(=O)[C@H]2CCCN(C(=O)C3CC3)C2)n1. The summed E-state index contributed by atoms with van der Waals surface area (Å²) in [7, 11) is 0. The minimum Gasteiger partial charge on any atom is -0.342 e. The summed E-state index contributed by atoms with van der Waals surface area (Å²) in [5, 5.41) is 9.50. The van der Waals surface area contributed by atoms with Gasteiger partial charge in [0.2, 0.25) is 5.91 Å². The van der Waals surface area contributed by atoms with E-state index >= 15 is 0 Å². The van der Waals surface area contributed by atoms with Gasteiger partial charge in [-0.2, -0.15) is 5.26 Å². The van der Waals surface area contributed by atoms with E-state index in [1.54, 1.807) is 4.90 Å². The second-order valence-electron chi connectivity index (χ2n) is 6.87. The first-order valence-electron chi connectivity index (χ1n) is 8.54. The van der Waals surface area contributed by atoms with E-state index in [2.05, 4.69) is 16.0 Å². The highest BCUT2D eigenvalue weighted by atomic mass is 16.2. The number of nitriles is 1. The minimum absolute atomic E-state index is 0.157. The molecule has 0 unspecified atom stereocenters. The summed E-state index contributed by atoms with van der Waals surface area (Å²) < 4.78 is 0. The first-order chi connectivity index (χ1) is 11.5. The van der Waals surface area contributed by atoms with Crippen LogP contribution >= 0.6 is 0 Å². The van der Waals surface area contributed by atoms with Crippen molar-refractivity contribution in [3.05, 3.63) is 23.3 Å². The van der Waals surface area contributed by atoms with Crippen LogP contribution in [0.25, 0.3) is 0 Å². The van der Waals surface area contributed by atoms with E-state index in [-0.39, 0.29) is 29.4 Å². The molecule has 1 aliphatic heterocycles. The predicted molar refractivity (Wildman–Crippen MR) is 86.9 cm³/mol. The Labute approximate surface area is 141 Å². The Hall–Kier alpha value is -2.29. The molecule has 1 amide bonds. The fourth-order valence-corrected chi connectivity index (χ4v) is 3.36. The van der Waals surface area contributed by atoms with Gasteiger partial charge in [0, 0.05) is 36.3 Å². The van der Waals surface area contributed by atoms with Crippen LogP contribution in [0.15, 0.2) is 6.07 Å². The fourth-order valence-electron chi connectivity index (χ4n) is 3.36. The Kier molecular flexibility index (Phi) is 4.61. The lowest BCUT2D eigenvalue weighted by Crippen LogP contribution is -2.44. The van der Waals surface area contributed by atoms with E-state index in [0.717, 1.165) is 43.6 Å². The molecule has 0 N–H and O–H groups in total. The molecule has 24 heavy (non-hydrogen) atoms. The smallest absolute Gasteiger partial charge is 0.225 e. The maximum absolute atomic E-state index is 12.9. The summed E-state index contributed by atoms with van der Waals surface area (Å²) >= 11 is 0. The van der Waals surface area contributed by atoms with Crippen LogP contribution in [0.3, 0.4) is 0 Å². The van der Waals surface area contributed by atoms with Gasteiger partial charge in [-0.05, 0) is 45.6 Å². The van der Waals surface area contributed by atoms with Crippen molar-refractivity contribution < 1.29 is 9.59 Å². The molecule has 1 saturated carbocycles. The van der Waals surface area contributed by atoms with Gasteiger partial charge in [-0.15, -0.1) is 0 Å². The number of ketones is 1. The molecule has 0 spiro atoms. The summed E-state index contributed by atoms with van der Waals surface area (Å²) in [5.41, 5.74) is 1.50. The molecule has 2 aliphatic rings. The second-order valence-corrected chi connectivity index (χ2v) is 6.87. The number of piperidine rings is 1. The van der Waals surface area contributed by atoms with Gasteiger partial charge in [-0.3, -0.25) is 9.59 Å². The topological polar surface area (TPSA) is 87.0 Å². The van der Waals surface area contributed by atoms with E-state index in [9.17, 15) is 14.9 Å². The van der Waals surface area contributed by atoms with Crippen molar-refractivity contribution in [3.8, 4) is 6.07 Å². The molecule has 0 bridgehead atoms. The molecule has 1 saturated heterocycles. The van der Waals surface area contributed by atoms with Crippen LogP contribution in [0.4, 0.5) is 0 Å². The summed E-state index contributed by atoms with van der Waals surface area (Å²) in [6.45, 7) is 4.80. The normalized spacial score (nSPS) is 21.9. The Morgan fingerprint density at radius 3 is 2.46 bits per heavy atom. The van der Waals surface area contributed by atoms with Crippen LogP contribution in [0.2, 0.25) is 0 Å². The number of hydrogen-bond acceptors (Lipinski definition) is 5.